The van der Waals surface area contributed by atoms with Gasteiger partial charge in [-0.25, -0.2) is 12.7 Å². The molecule has 2 N–H and O–H groups in total. The first-order valence-electron chi connectivity index (χ1n) is 9.27. The largest absolute Gasteiger partial charge is 0.376 e. The molecule has 0 saturated heterocycles. The van der Waals surface area contributed by atoms with Crippen molar-refractivity contribution in [2.45, 2.75) is 50.5 Å². The van der Waals surface area contributed by atoms with Crippen LogP contribution in [0, 0.1) is 25.7 Å². The van der Waals surface area contributed by atoms with Crippen LogP contribution >= 0.6 is 0 Å². The number of nitrogens with one attached hydrogen (secondary N) is 2. The minimum Gasteiger partial charge on any atom is -0.376 e. The van der Waals surface area contributed by atoms with E-state index >= 15 is 0 Å². The lowest BCUT2D eigenvalue weighted by molar-refractivity contribution is -0.120. The van der Waals surface area contributed by atoms with Crippen molar-refractivity contribution in [3.05, 3.63) is 23.3 Å². The fourth-order valence-electron chi connectivity index (χ4n) is 3.31. The van der Waals surface area contributed by atoms with Crippen LogP contribution in [0.5, 0.6) is 0 Å². The molecule has 1 aromatic rings. The van der Waals surface area contributed by atoms with Gasteiger partial charge in [0, 0.05) is 25.8 Å². The van der Waals surface area contributed by atoms with Crippen molar-refractivity contribution in [2.24, 2.45) is 11.8 Å². The number of rotatable bonds is 8. The van der Waals surface area contributed by atoms with E-state index in [0.29, 0.717) is 23.6 Å². The van der Waals surface area contributed by atoms with Gasteiger partial charge >= 0.3 is 0 Å². The van der Waals surface area contributed by atoms with Crippen molar-refractivity contribution in [1.29, 1.82) is 0 Å². The maximum Gasteiger partial charge on any atom is 0.242 e. The number of anilines is 1. The maximum atomic E-state index is 12.4. The molecule has 0 bridgehead atoms. The van der Waals surface area contributed by atoms with Crippen LogP contribution in [-0.2, 0) is 14.8 Å². The van der Waals surface area contributed by atoms with Gasteiger partial charge in [-0.3, -0.25) is 4.79 Å². The summed E-state index contributed by atoms with van der Waals surface area (Å²) in [5, 5.41) is 6.31. The molecule has 0 radical (unpaired) electrons. The quantitative estimate of drug-likeness (QED) is 0.726. The highest BCUT2D eigenvalue weighted by molar-refractivity contribution is 7.89. The number of amides is 1. The zero-order chi connectivity index (χ0) is 19.1. The first kappa shape index (κ1) is 19.2. The van der Waals surface area contributed by atoms with E-state index in [9.17, 15) is 13.2 Å². The first-order chi connectivity index (χ1) is 12.2. The first-order valence-corrected chi connectivity index (χ1v) is 10.7. The molecule has 2 saturated carbocycles. The number of hydrogen-bond acceptors (Lipinski definition) is 4. The Morgan fingerprint density at radius 1 is 1.15 bits per heavy atom. The van der Waals surface area contributed by atoms with Gasteiger partial charge in [0.05, 0.1) is 11.4 Å². The average Bonchev–Trinajstić information content (AvgIpc) is 3.46. The number of aryl methyl sites for hydroxylation is 1. The molecule has 2 fully saturated rings. The van der Waals surface area contributed by atoms with Crippen LogP contribution in [0.2, 0.25) is 0 Å². The molecule has 2 aliphatic carbocycles. The van der Waals surface area contributed by atoms with Crippen molar-refractivity contribution in [2.75, 3.05) is 26.0 Å². The third-order valence-electron chi connectivity index (χ3n) is 5.45. The Morgan fingerprint density at radius 3 is 2.23 bits per heavy atom. The van der Waals surface area contributed by atoms with Crippen molar-refractivity contribution in [1.82, 2.24) is 9.62 Å². The molecule has 0 heterocycles. The third kappa shape index (κ3) is 4.20. The van der Waals surface area contributed by atoms with Gasteiger partial charge in [-0.2, -0.15) is 0 Å². The van der Waals surface area contributed by atoms with Gasteiger partial charge in [0.2, 0.25) is 15.9 Å². The highest BCUT2D eigenvalue weighted by Crippen LogP contribution is 2.44. The number of hydrogen-bond donors (Lipinski definition) is 2. The van der Waals surface area contributed by atoms with E-state index in [-0.39, 0.29) is 17.3 Å². The summed E-state index contributed by atoms with van der Waals surface area (Å²) in [6.07, 6.45) is 4.88. The van der Waals surface area contributed by atoms with Gasteiger partial charge in [0.1, 0.15) is 0 Å². The topological polar surface area (TPSA) is 78.5 Å². The van der Waals surface area contributed by atoms with E-state index in [1.165, 1.54) is 44.1 Å². The lowest BCUT2D eigenvalue weighted by atomic mass is 10.1. The number of nitrogens with zero attached hydrogens (tertiary/aromatic N) is 1. The predicted molar refractivity (Wildman–Crippen MR) is 103 cm³/mol. The molecule has 6 nitrogen and oxygen atoms in total. The normalized spacial score (nSPS) is 17.6. The molecule has 0 aromatic heterocycles. The van der Waals surface area contributed by atoms with Crippen LogP contribution in [-0.4, -0.2) is 45.3 Å². The minimum atomic E-state index is -3.51. The summed E-state index contributed by atoms with van der Waals surface area (Å²) in [7, 11) is -0.480. The Labute approximate surface area is 156 Å². The Bertz CT molecular complexity index is 784. The predicted octanol–water partition coefficient (Wildman–Crippen LogP) is 2.27. The molecule has 7 heteroatoms. The van der Waals surface area contributed by atoms with Crippen molar-refractivity contribution in [3.8, 4) is 0 Å². The Hall–Kier alpha value is -1.60. The van der Waals surface area contributed by atoms with E-state index in [1.54, 1.807) is 12.1 Å². The van der Waals surface area contributed by atoms with Crippen LogP contribution in [0.1, 0.15) is 36.8 Å². The van der Waals surface area contributed by atoms with Gasteiger partial charge in [0.15, 0.2) is 0 Å². The molecule has 1 amide bonds. The molecular weight excluding hydrogens is 350 g/mol. The number of carbonyl (C=O) groups excluding carboxylic acids is 1. The molecule has 0 unspecified atom stereocenters. The second-order valence-electron chi connectivity index (χ2n) is 7.82. The van der Waals surface area contributed by atoms with Gasteiger partial charge in [-0.15, -0.1) is 0 Å². The van der Waals surface area contributed by atoms with E-state index in [0.717, 1.165) is 11.1 Å². The fourth-order valence-corrected chi connectivity index (χ4v) is 4.33. The molecular formula is C19H29N3O3S. The van der Waals surface area contributed by atoms with E-state index in [2.05, 4.69) is 10.6 Å². The average molecular weight is 380 g/mol. The maximum absolute atomic E-state index is 12.4. The number of benzene rings is 1. The summed E-state index contributed by atoms with van der Waals surface area (Å²) in [6.45, 7) is 3.96. The molecule has 1 aromatic carbocycles. The summed E-state index contributed by atoms with van der Waals surface area (Å²) in [5.41, 5.74) is 2.52. The van der Waals surface area contributed by atoms with Gasteiger partial charge in [-0.05, 0) is 74.6 Å². The lowest BCUT2D eigenvalue weighted by Crippen LogP contribution is -2.41. The zero-order valence-corrected chi connectivity index (χ0v) is 16.8. The third-order valence-corrected chi connectivity index (χ3v) is 7.24. The van der Waals surface area contributed by atoms with Gasteiger partial charge in [0.25, 0.3) is 0 Å². The fraction of sp³-hybridized carbons (Fsp3) is 0.632. The Morgan fingerprint density at radius 2 is 1.73 bits per heavy atom. The molecule has 144 valence electrons. The lowest BCUT2D eigenvalue weighted by Gasteiger charge is -2.19. The molecule has 2 aliphatic rings. The molecule has 0 atom stereocenters. The number of sulfonamides is 1. The van der Waals surface area contributed by atoms with E-state index in [1.807, 2.05) is 13.8 Å². The summed E-state index contributed by atoms with van der Waals surface area (Å²) in [6, 6.07) is 3.61. The van der Waals surface area contributed by atoms with Crippen molar-refractivity contribution >= 4 is 21.6 Å². The molecule has 3 rings (SSSR count). The summed E-state index contributed by atoms with van der Waals surface area (Å²) >= 11 is 0. The highest BCUT2D eigenvalue weighted by Gasteiger charge is 2.42. The molecule has 0 spiro atoms. The molecule has 0 aliphatic heterocycles. The minimum absolute atomic E-state index is 0.0216. The monoisotopic (exact) mass is 379 g/mol. The van der Waals surface area contributed by atoms with Crippen LogP contribution in [0.3, 0.4) is 0 Å². The smallest absolute Gasteiger partial charge is 0.242 e. The SMILES string of the molecule is Cc1cc(S(=O)(=O)N(C)C)cc(NCC(=O)NC(C2CC2)C2CC2)c1C. The second kappa shape index (κ2) is 7.19. The summed E-state index contributed by atoms with van der Waals surface area (Å²) in [5.74, 6) is 1.29. The summed E-state index contributed by atoms with van der Waals surface area (Å²) in [4.78, 5) is 12.6. The summed E-state index contributed by atoms with van der Waals surface area (Å²) < 4.78 is 26.0. The Kier molecular flexibility index (Phi) is 5.30. The second-order valence-corrected chi connectivity index (χ2v) is 9.97. The van der Waals surface area contributed by atoms with Crippen LogP contribution in [0.25, 0.3) is 0 Å². The van der Waals surface area contributed by atoms with Crippen molar-refractivity contribution in [3.63, 3.8) is 0 Å². The van der Waals surface area contributed by atoms with E-state index < -0.39 is 10.0 Å². The highest BCUT2D eigenvalue weighted by atomic mass is 32.2. The van der Waals surface area contributed by atoms with Crippen LogP contribution in [0.15, 0.2) is 17.0 Å². The van der Waals surface area contributed by atoms with Crippen molar-refractivity contribution < 1.29 is 13.2 Å². The standard InChI is InChI=1S/C19H29N3O3S/c1-12-9-16(26(24,25)22(3)4)10-17(13(12)2)20-11-18(23)21-19(14-5-6-14)15-7-8-15/h9-10,14-15,19-20H,5-8,11H2,1-4H3,(H,21,23). The number of carbonyl (C=O) groups is 1. The van der Waals surface area contributed by atoms with Gasteiger partial charge in [-0.1, -0.05) is 0 Å². The molecule has 26 heavy (non-hydrogen) atoms. The van der Waals surface area contributed by atoms with Crippen LogP contribution < -0.4 is 10.6 Å². The zero-order valence-electron chi connectivity index (χ0n) is 16.0. The van der Waals surface area contributed by atoms with Crippen LogP contribution in [0.4, 0.5) is 5.69 Å². The van der Waals surface area contributed by atoms with E-state index in [4.69, 9.17) is 0 Å². The Balaban J connectivity index is 1.68. The van der Waals surface area contributed by atoms with Gasteiger partial charge < -0.3 is 10.6 Å².